The zero-order valence-corrected chi connectivity index (χ0v) is 16.2. The van der Waals surface area contributed by atoms with Crippen LogP contribution in [0.4, 0.5) is 5.69 Å². The van der Waals surface area contributed by atoms with Crippen molar-refractivity contribution in [3.63, 3.8) is 0 Å². The van der Waals surface area contributed by atoms with Crippen molar-refractivity contribution in [1.29, 1.82) is 0 Å². The van der Waals surface area contributed by atoms with Crippen molar-refractivity contribution in [1.82, 2.24) is 14.7 Å². The van der Waals surface area contributed by atoms with Crippen LogP contribution in [0.5, 0.6) is 0 Å². The summed E-state index contributed by atoms with van der Waals surface area (Å²) in [7, 11) is -3.69. The summed E-state index contributed by atoms with van der Waals surface area (Å²) >= 11 is 0. The van der Waals surface area contributed by atoms with Crippen LogP contribution in [0.25, 0.3) is 0 Å². The molecule has 29 heavy (non-hydrogen) atoms. The number of anilines is 1. The number of hydrogen-bond acceptors (Lipinski definition) is 5. The molecule has 0 saturated heterocycles. The fourth-order valence-corrected chi connectivity index (χ4v) is 3.35. The Balaban J connectivity index is 1.54. The van der Waals surface area contributed by atoms with Gasteiger partial charge in [-0.15, -0.1) is 0 Å². The number of sulfonamides is 1. The fourth-order valence-electron chi connectivity index (χ4n) is 2.36. The van der Waals surface area contributed by atoms with E-state index in [1.165, 1.54) is 24.5 Å². The van der Waals surface area contributed by atoms with Gasteiger partial charge in [-0.05, 0) is 48.4 Å². The zero-order valence-electron chi connectivity index (χ0n) is 15.4. The van der Waals surface area contributed by atoms with Gasteiger partial charge in [-0.3, -0.25) is 9.78 Å². The van der Waals surface area contributed by atoms with Gasteiger partial charge in [0.2, 0.25) is 15.9 Å². The normalized spacial score (nSPS) is 10.6. The molecule has 1 amide bonds. The molecule has 2 aromatic heterocycles. The summed E-state index contributed by atoms with van der Waals surface area (Å²) in [4.78, 5) is 20.1. The second-order valence-electron chi connectivity index (χ2n) is 5.93. The first-order valence-electron chi connectivity index (χ1n) is 8.76. The second-order valence-corrected chi connectivity index (χ2v) is 7.70. The number of carbonyl (C=O) groups excluding carboxylic acids is 1. The summed E-state index contributed by atoms with van der Waals surface area (Å²) in [5.74, 6) is 5.64. The van der Waals surface area contributed by atoms with Gasteiger partial charge in [-0.2, -0.15) is 0 Å². The van der Waals surface area contributed by atoms with Gasteiger partial charge in [0.1, 0.15) is 10.6 Å². The van der Waals surface area contributed by atoms with E-state index in [2.05, 4.69) is 31.8 Å². The number of benzene rings is 1. The lowest BCUT2D eigenvalue weighted by atomic mass is 10.2. The van der Waals surface area contributed by atoms with E-state index in [9.17, 15) is 13.2 Å². The monoisotopic (exact) mass is 406 g/mol. The van der Waals surface area contributed by atoms with E-state index >= 15 is 0 Å². The molecule has 3 rings (SSSR count). The summed E-state index contributed by atoms with van der Waals surface area (Å²) in [6.45, 7) is -0.0256. The maximum atomic E-state index is 12.1. The number of rotatable bonds is 6. The van der Waals surface area contributed by atoms with Crippen molar-refractivity contribution in [2.75, 3.05) is 11.9 Å². The minimum atomic E-state index is -3.69. The molecule has 8 heteroatoms. The highest BCUT2D eigenvalue weighted by molar-refractivity contribution is 7.89. The van der Waals surface area contributed by atoms with Gasteiger partial charge >= 0.3 is 0 Å². The Morgan fingerprint density at radius 3 is 2.66 bits per heavy atom. The van der Waals surface area contributed by atoms with Crippen molar-refractivity contribution < 1.29 is 13.2 Å². The second kappa shape index (κ2) is 9.59. The first-order chi connectivity index (χ1) is 14.0. The summed E-state index contributed by atoms with van der Waals surface area (Å²) in [6, 6.07) is 15.5. The van der Waals surface area contributed by atoms with Gasteiger partial charge in [0, 0.05) is 42.8 Å². The largest absolute Gasteiger partial charge is 0.326 e. The van der Waals surface area contributed by atoms with E-state index in [0.717, 1.165) is 5.56 Å². The van der Waals surface area contributed by atoms with E-state index in [0.29, 0.717) is 11.4 Å². The van der Waals surface area contributed by atoms with E-state index in [4.69, 9.17) is 0 Å². The molecule has 3 aromatic rings. The van der Waals surface area contributed by atoms with E-state index in [-0.39, 0.29) is 23.8 Å². The molecule has 0 aliphatic rings. The maximum absolute atomic E-state index is 12.1. The van der Waals surface area contributed by atoms with Crippen LogP contribution < -0.4 is 10.0 Å². The first-order valence-corrected chi connectivity index (χ1v) is 10.2. The lowest BCUT2D eigenvalue weighted by Gasteiger charge is -2.07. The molecule has 0 radical (unpaired) electrons. The average Bonchev–Trinajstić information content (AvgIpc) is 2.74. The van der Waals surface area contributed by atoms with Crippen LogP contribution in [0, 0.1) is 11.8 Å². The number of aromatic nitrogens is 2. The molecule has 0 atom stereocenters. The van der Waals surface area contributed by atoms with Crippen LogP contribution in [-0.2, 0) is 14.8 Å². The highest BCUT2D eigenvalue weighted by atomic mass is 32.2. The van der Waals surface area contributed by atoms with Crippen LogP contribution in [0.2, 0.25) is 0 Å². The van der Waals surface area contributed by atoms with Gasteiger partial charge < -0.3 is 5.32 Å². The summed E-state index contributed by atoms with van der Waals surface area (Å²) in [6.07, 6.45) is 4.40. The highest BCUT2D eigenvalue weighted by Crippen LogP contribution is 2.11. The smallest absolute Gasteiger partial charge is 0.242 e. The number of pyridine rings is 2. The van der Waals surface area contributed by atoms with Crippen LogP contribution in [0.1, 0.15) is 17.7 Å². The van der Waals surface area contributed by atoms with Crippen molar-refractivity contribution in [3.8, 4) is 11.8 Å². The van der Waals surface area contributed by atoms with Crippen molar-refractivity contribution in [3.05, 3.63) is 84.4 Å². The molecular formula is C21H18N4O3S. The molecule has 0 spiro atoms. The number of carbonyl (C=O) groups is 1. The van der Waals surface area contributed by atoms with E-state index in [1.807, 2.05) is 24.3 Å². The Morgan fingerprint density at radius 1 is 1.00 bits per heavy atom. The third kappa shape index (κ3) is 6.24. The molecule has 0 fully saturated rings. The van der Waals surface area contributed by atoms with Crippen molar-refractivity contribution in [2.24, 2.45) is 0 Å². The Kier molecular flexibility index (Phi) is 6.68. The summed E-state index contributed by atoms with van der Waals surface area (Å²) < 4.78 is 26.6. The van der Waals surface area contributed by atoms with Gasteiger partial charge in [0.05, 0.1) is 0 Å². The van der Waals surface area contributed by atoms with Gasteiger partial charge in [-0.25, -0.2) is 18.1 Å². The third-order valence-electron chi connectivity index (χ3n) is 3.73. The molecule has 1 aromatic carbocycles. The maximum Gasteiger partial charge on any atom is 0.242 e. The molecule has 0 aliphatic heterocycles. The molecule has 0 unspecified atom stereocenters. The Bertz CT molecular complexity index is 1140. The quantitative estimate of drug-likeness (QED) is 0.611. The molecule has 0 aliphatic carbocycles. The lowest BCUT2D eigenvalue weighted by Crippen LogP contribution is -2.27. The highest BCUT2D eigenvalue weighted by Gasteiger charge is 2.14. The molecule has 146 valence electrons. The molecule has 0 bridgehead atoms. The SMILES string of the molecule is O=C(CCNS(=O)(=O)c1cccnc1)Nc1cccc(C#Cc2ccccn2)c1. The Hall–Kier alpha value is -3.54. The average molecular weight is 406 g/mol. The number of hydrogen-bond donors (Lipinski definition) is 2. The molecule has 2 heterocycles. The number of nitrogens with one attached hydrogen (secondary N) is 2. The van der Waals surface area contributed by atoms with Crippen LogP contribution in [-0.4, -0.2) is 30.8 Å². The predicted octanol–water partition coefficient (Wildman–Crippen LogP) is 2.18. The van der Waals surface area contributed by atoms with Gasteiger partial charge in [-0.1, -0.05) is 18.1 Å². The van der Waals surface area contributed by atoms with Crippen molar-refractivity contribution in [2.45, 2.75) is 11.3 Å². The summed E-state index contributed by atoms with van der Waals surface area (Å²) in [5.41, 5.74) is 1.96. The minimum Gasteiger partial charge on any atom is -0.326 e. The van der Waals surface area contributed by atoms with E-state index < -0.39 is 10.0 Å². The minimum absolute atomic E-state index is 0.0106. The lowest BCUT2D eigenvalue weighted by molar-refractivity contribution is -0.116. The standard InChI is InChI=1S/C21H18N4O3S/c26-21(11-14-24-29(27,28)20-8-4-12-22-16-20)25-19-7-3-5-17(15-19)9-10-18-6-1-2-13-23-18/h1-8,12-13,15-16,24H,11,14H2,(H,25,26). The first kappa shape index (κ1) is 20.2. The van der Waals surface area contributed by atoms with Crippen LogP contribution in [0.15, 0.2) is 78.1 Å². The predicted molar refractivity (Wildman–Crippen MR) is 109 cm³/mol. The summed E-state index contributed by atoms with van der Waals surface area (Å²) in [5, 5.41) is 2.74. The van der Waals surface area contributed by atoms with Crippen molar-refractivity contribution >= 4 is 21.6 Å². The number of nitrogens with zero attached hydrogens (tertiary/aromatic N) is 2. The molecule has 7 nitrogen and oxygen atoms in total. The van der Waals surface area contributed by atoms with E-state index in [1.54, 1.807) is 24.4 Å². The van der Waals surface area contributed by atoms with Gasteiger partial charge in [0.15, 0.2) is 0 Å². The zero-order chi connectivity index (χ0) is 20.5. The van der Waals surface area contributed by atoms with Gasteiger partial charge in [0.25, 0.3) is 0 Å². The Labute approximate surface area is 169 Å². The Morgan fingerprint density at radius 2 is 1.90 bits per heavy atom. The number of amides is 1. The fraction of sp³-hybridized carbons (Fsp3) is 0.0952. The molecular weight excluding hydrogens is 388 g/mol. The van der Waals surface area contributed by atoms with Crippen LogP contribution >= 0.6 is 0 Å². The third-order valence-corrected chi connectivity index (χ3v) is 5.18. The topological polar surface area (TPSA) is 101 Å². The van der Waals surface area contributed by atoms with Crippen LogP contribution in [0.3, 0.4) is 0 Å². The molecule has 0 saturated carbocycles. The molecule has 2 N–H and O–H groups in total.